The first-order chi connectivity index (χ1) is 13.5. The van der Waals surface area contributed by atoms with E-state index in [1.165, 1.54) is 9.87 Å². The van der Waals surface area contributed by atoms with Crippen molar-refractivity contribution in [3.63, 3.8) is 0 Å². The minimum atomic E-state index is -3.61. The Bertz CT molecular complexity index is 1020. The highest BCUT2D eigenvalue weighted by atomic mass is 32.2. The Labute approximate surface area is 164 Å². The normalized spacial score (nSPS) is 18.9. The molecular weight excluding hydrogens is 380 g/mol. The van der Waals surface area contributed by atoms with Crippen molar-refractivity contribution in [1.82, 2.24) is 14.5 Å². The third-order valence-corrected chi connectivity index (χ3v) is 7.60. The third-order valence-electron chi connectivity index (χ3n) is 5.70. The Balaban J connectivity index is 1.30. The molecule has 3 heterocycles. The van der Waals surface area contributed by atoms with Crippen molar-refractivity contribution in [3.8, 4) is 11.5 Å². The third kappa shape index (κ3) is 2.89. The number of sulfonamides is 1. The van der Waals surface area contributed by atoms with Gasteiger partial charge >= 0.3 is 0 Å². The number of hydrogen-bond acceptors (Lipinski definition) is 7. The molecule has 0 N–H and O–H groups in total. The number of ether oxygens (including phenoxy) is 2. The second-order valence-corrected chi connectivity index (χ2v) is 9.41. The molecule has 1 fully saturated rings. The predicted molar refractivity (Wildman–Crippen MR) is 102 cm³/mol. The molecule has 3 aliphatic rings. The zero-order valence-electron chi connectivity index (χ0n) is 15.7. The van der Waals surface area contributed by atoms with E-state index >= 15 is 0 Å². The molecule has 2 aliphatic heterocycles. The van der Waals surface area contributed by atoms with Crippen LogP contribution >= 0.6 is 0 Å². The summed E-state index contributed by atoms with van der Waals surface area (Å²) in [7, 11) is -1.99. The molecule has 1 aliphatic carbocycles. The van der Waals surface area contributed by atoms with Crippen LogP contribution in [-0.4, -0.2) is 62.3 Å². The molecule has 0 spiro atoms. The molecule has 0 atom stereocenters. The van der Waals surface area contributed by atoms with Crippen LogP contribution in [0.2, 0.25) is 0 Å². The molecule has 1 saturated heterocycles. The van der Waals surface area contributed by atoms with E-state index in [4.69, 9.17) is 9.47 Å². The van der Waals surface area contributed by atoms with Crippen LogP contribution in [0.15, 0.2) is 29.2 Å². The zero-order chi connectivity index (χ0) is 19.3. The van der Waals surface area contributed by atoms with Gasteiger partial charge in [-0.25, -0.2) is 8.42 Å². The van der Waals surface area contributed by atoms with Crippen LogP contribution in [0.5, 0.6) is 11.5 Å². The molecule has 0 amide bonds. The van der Waals surface area contributed by atoms with Crippen LogP contribution in [-0.2, 0) is 22.9 Å². The molecule has 0 bridgehead atoms. The number of rotatable bonds is 4. The Hall–Kier alpha value is -2.39. The SMILES string of the molecule is CN(C1CN(c2cc3c(nn2)CCC3)C1)S(=O)(=O)c1ccc2c(c1)OCCO2. The lowest BCUT2D eigenvalue weighted by Crippen LogP contribution is -2.60. The average Bonchev–Trinajstić information content (AvgIpc) is 3.14. The summed E-state index contributed by atoms with van der Waals surface area (Å²) in [6.07, 6.45) is 3.18. The molecule has 8 nitrogen and oxygen atoms in total. The standard InChI is InChI=1S/C19H22N4O4S/c1-22(28(24,25)15-5-6-17-18(10-15)27-8-7-26-17)14-11-23(12-14)19-9-13-3-2-4-16(13)20-21-19/h5-6,9-10,14H,2-4,7-8,11-12H2,1H3. The Morgan fingerprint density at radius 3 is 2.68 bits per heavy atom. The highest BCUT2D eigenvalue weighted by Crippen LogP contribution is 2.34. The fourth-order valence-electron chi connectivity index (χ4n) is 3.89. The van der Waals surface area contributed by atoms with Crippen molar-refractivity contribution in [3.05, 3.63) is 35.5 Å². The number of aryl methyl sites for hydroxylation is 2. The van der Waals surface area contributed by atoms with Gasteiger partial charge in [0.2, 0.25) is 10.0 Å². The topological polar surface area (TPSA) is 84.9 Å². The first-order valence-electron chi connectivity index (χ1n) is 9.50. The van der Waals surface area contributed by atoms with Gasteiger partial charge in [-0.3, -0.25) is 0 Å². The van der Waals surface area contributed by atoms with Gasteiger partial charge < -0.3 is 14.4 Å². The summed E-state index contributed by atoms with van der Waals surface area (Å²) in [4.78, 5) is 2.29. The Kier molecular flexibility index (Phi) is 4.17. The minimum absolute atomic E-state index is 0.103. The van der Waals surface area contributed by atoms with Gasteiger partial charge in [0.1, 0.15) is 13.2 Å². The van der Waals surface area contributed by atoms with Crippen molar-refractivity contribution >= 4 is 15.8 Å². The van der Waals surface area contributed by atoms with E-state index in [2.05, 4.69) is 21.2 Å². The minimum Gasteiger partial charge on any atom is -0.486 e. The van der Waals surface area contributed by atoms with Crippen molar-refractivity contribution in [1.29, 1.82) is 0 Å². The van der Waals surface area contributed by atoms with Crippen LogP contribution in [0.4, 0.5) is 5.82 Å². The summed E-state index contributed by atoms with van der Waals surface area (Å²) in [6.45, 7) is 2.11. The van der Waals surface area contributed by atoms with E-state index in [0.29, 0.717) is 37.8 Å². The zero-order valence-corrected chi connectivity index (χ0v) is 16.5. The van der Waals surface area contributed by atoms with E-state index in [0.717, 1.165) is 30.8 Å². The number of nitrogens with zero attached hydrogens (tertiary/aromatic N) is 4. The molecule has 1 aromatic carbocycles. The lowest BCUT2D eigenvalue weighted by molar-refractivity contribution is 0.171. The maximum absolute atomic E-state index is 13.0. The van der Waals surface area contributed by atoms with E-state index in [-0.39, 0.29) is 10.9 Å². The van der Waals surface area contributed by atoms with E-state index in [9.17, 15) is 8.42 Å². The Morgan fingerprint density at radius 2 is 1.86 bits per heavy atom. The van der Waals surface area contributed by atoms with Crippen molar-refractivity contribution < 1.29 is 17.9 Å². The molecule has 5 rings (SSSR count). The lowest BCUT2D eigenvalue weighted by atomic mass is 10.1. The largest absolute Gasteiger partial charge is 0.486 e. The molecule has 0 saturated carbocycles. The van der Waals surface area contributed by atoms with Crippen molar-refractivity contribution in [2.45, 2.75) is 30.2 Å². The quantitative estimate of drug-likeness (QED) is 0.761. The van der Waals surface area contributed by atoms with Crippen molar-refractivity contribution in [2.75, 3.05) is 38.3 Å². The predicted octanol–water partition coefficient (Wildman–Crippen LogP) is 1.25. The highest BCUT2D eigenvalue weighted by Gasteiger charge is 2.38. The first kappa shape index (κ1) is 17.7. The fraction of sp³-hybridized carbons (Fsp3) is 0.474. The number of anilines is 1. The van der Waals surface area contributed by atoms with Crippen LogP contribution in [0.25, 0.3) is 0 Å². The second-order valence-electron chi connectivity index (χ2n) is 7.41. The van der Waals surface area contributed by atoms with Crippen LogP contribution in [0, 0.1) is 0 Å². The maximum atomic E-state index is 13.0. The van der Waals surface area contributed by atoms with Gasteiger partial charge in [0.15, 0.2) is 17.3 Å². The highest BCUT2D eigenvalue weighted by molar-refractivity contribution is 7.89. The van der Waals surface area contributed by atoms with Gasteiger partial charge in [-0.05, 0) is 43.0 Å². The van der Waals surface area contributed by atoms with Gasteiger partial charge in [0.25, 0.3) is 0 Å². The fourth-order valence-corrected chi connectivity index (χ4v) is 5.24. The smallest absolute Gasteiger partial charge is 0.243 e. The summed E-state index contributed by atoms with van der Waals surface area (Å²) in [5.74, 6) is 1.89. The van der Waals surface area contributed by atoms with Gasteiger partial charge in [-0.1, -0.05) is 0 Å². The molecule has 0 radical (unpaired) electrons. The van der Waals surface area contributed by atoms with Crippen LogP contribution < -0.4 is 14.4 Å². The summed E-state index contributed by atoms with van der Waals surface area (Å²) < 4.78 is 38.5. The summed E-state index contributed by atoms with van der Waals surface area (Å²) in [6, 6.07) is 6.77. The molecular formula is C19H22N4O4S. The van der Waals surface area contributed by atoms with Gasteiger partial charge in [0, 0.05) is 26.2 Å². The van der Waals surface area contributed by atoms with Crippen LogP contribution in [0.1, 0.15) is 17.7 Å². The summed E-state index contributed by atoms with van der Waals surface area (Å²) in [5, 5.41) is 8.63. The van der Waals surface area contributed by atoms with Crippen molar-refractivity contribution in [2.24, 2.45) is 0 Å². The number of benzene rings is 1. The van der Waals surface area contributed by atoms with E-state index in [1.54, 1.807) is 25.2 Å². The maximum Gasteiger partial charge on any atom is 0.243 e. The molecule has 1 aromatic heterocycles. The lowest BCUT2D eigenvalue weighted by Gasteiger charge is -2.43. The summed E-state index contributed by atoms with van der Waals surface area (Å²) in [5.41, 5.74) is 2.37. The molecule has 0 unspecified atom stereocenters. The number of fused-ring (bicyclic) bond motifs is 2. The van der Waals surface area contributed by atoms with E-state index < -0.39 is 10.0 Å². The van der Waals surface area contributed by atoms with Gasteiger partial charge in [0.05, 0.1) is 16.6 Å². The summed E-state index contributed by atoms with van der Waals surface area (Å²) >= 11 is 0. The molecule has 2 aromatic rings. The number of likely N-dealkylation sites (N-methyl/N-ethyl adjacent to an activating group) is 1. The Morgan fingerprint density at radius 1 is 1.07 bits per heavy atom. The van der Waals surface area contributed by atoms with Gasteiger partial charge in [-0.15, -0.1) is 5.10 Å². The van der Waals surface area contributed by atoms with Crippen LogP contribution in [0.3, 0.4) is 0 Å². The van der Waals surface area contributed by atoms with Gasteiger partial charge in [-0.2, -0.15) is 9.40 Å². The first-order valence-corrected chi connectivity index (χ1v) is 10.9. The second kappa shape index (κ2) is 6.59. The number of aromatic nitrogens is 2. The molecule has 148 valence electrons. The average molecular weight is 402 g/mol. The van der Waals surface area contributed by atoms with E-state index in [1.807, 2.05) is 0 Å². The monoisotopic (exact) mass is 402 g/mol. The number of hydrogen-bond donors (Lipinski definition) is 0. The molecule has 9 heteroatoms. The molecule has 28 heavy (non-hydrogen) atoms.